The zero-order valence-electron chi connectivity index (χ0n) is 8.32. The molecule has 1 fully saturated rings. The average molecular weight is 190 g/mol. The van der Waals surface area contributed by atoms with Gasteiger partial charge < -0.3 is 9.15 Å². The third-order valence-corrected chi connectivity index (χ3v) is 3.17. The van der Waals surface area contributed by atoms with Crippen LogP contribution in [0, 0.1) is 5.92 Å². The third kappa shape index (κ3) is 1.10. The molecular weight excluding hydrogens is 176 g/mol. The summed E-state index contributed by atoms with van der Waals surface area (Å²) >= 11 is 0. The van der Waals surface area contributed by atoms with Gasteiger partial charge in [-0.15, -0.1) is 0 Å². The zero-order chi connectivity index (χ0) is 9.54. The second-order valence-electron chi connectivity index (χ2n) is 4.21. The highest BCUT2D eigenvalue weighted by Crippen LogP contribution is 2.31. The molecule has 74 valence electrons. The second kappa shape index (κ2) is 2.91. The van der Waals surface area contributed by atoms with Crippen molar-refractivity contribution >= 4 is 11.8 Å². The van der Waals surface area contributed by atoms with Gasteiger partial charge in [0.15, 0.2) is 0 Å². The quantitative estimate of drug-likeness (QED) is 0.616. The Bertz CT molecular complexity index is 455. The molecule has 0 amide bonds. The fourth-order valence-corrected chi connectivity index (χ4v) is 2.38. The highest BCUT2D eigenvalue weighted by atomic mass is 16.5. The van der Waals surface area contributed by atoms with Crippen molar-refractivity contribution in [3.63, 3.8) is 0 Å². The summed E-state index contributed by atoms with van der Waals surface area (Å²) in [6.07, 6.45) is 7.79. The van der Waals surface area contributed by atoms with Crippen molar-refractivity contribution in [1.82, 2.24) is 0 Å². The summed E-state index contributed by atoms with van der Waals surface area (Å²) in [4.78, 5) is 0. The number of furan rings is 1. The molecule has 2 unspecified atom stereocenters. The molecule has 0 N–H and O–H groups in total. The maximum absolute atomic E-state index is 5.91. The minimum absolute atomic E-state index is 0.363. The van der Waals surface area contributed by atoms with Crippen LogP contribution in [-0.4, -0.2) is 6.10 Å². The first-order valence-electron chi connectivity index (χ1n) is 5.29. The maximum atomic E-state index is 5.91. The Hall–Kier alpha value is -1.18. The van der Waals surface area contributed by atoms with Gasteiger partial charge in [-0.05, 0) is 38.3 Å². The Balaban J connectivity index is 2.20. The first-order valence-corrected chi connectivity index (χ1v) is 5.29. The monoisotopic (exact) mass is 190 g/mol. The number of ether oxygens (including phenoxy) is 1. The molecule has 0 bridgehead atoms. The molecule has 3 rings (SSSR count). The first-order chi connectivity index (χ1) is 6.84. The third-order valence-electron chi connectivity index (χ3n) is 3.17. The Morgan fingerprint density at radius 3 is 3.21 bits per heavy atom. The molecule has 2 heteroatoms. The summed E-state index contributed by atoms with van der Waals surface area (Å²) in [5.74, 6) is 1.76. The second-order valence-corrected chi connectivity index (χ2v) is 4.21. The molecule has 0 radical (unpaired) electrons. The van der Waals surface area contributed by atoms with Crippen LogP contribution in [0.2, 0.25) is 0 Å². The molecule has 1 aliphatic heterocycles. The van der Waals surface area contributed by atoms with Crippen molar-refractivity contribution in [2.24, 2.45) is 5.92 Å². The maximum Gasteiger partial charge on any atom is 0.133 e. The fraction of sp³-hybridized carbons (Fsp3) is 0.500. The number of rotatable bonds is 0. The van der Waals surface area contributed by atoms with Gasteiger partial charge in [0.2, 0.25) is 0 Å². The smallest absolute Gasteiger partial charge is 0.133 e. The van der Waals surface area contributed by atoms with E-state index in [9.17, 15) is 0 Å². The lowest BCUT2D eigenvalue weighted by molar-refractivity contribution is 0.112. The standard InChI is InChI=1S/C12H14O2/c1-8-2-3-9-4-5-11-10(6-7-13-11)12(9)14-8/h5-9H,2-4H2,1H3. The average Bonchev–Trinajstić information content (AvgIpc) is 2.65. The molecule has 0 aromatic carbocycles. The number of hydrogen-bond acceptors (Lipinski definition) is 2. The highest BCUT2D eigenvalue weighted by molar-refractivity contribution is 5.47. The normalized spacial score (nSPS) is 29.9. The van der Waals surface area contributed by atoms with E-state index in [1.54, 1.807) is 6.26 Å². The molecule has 0 saturated carbocycles. The van der Waals surface area contributed by atoms with E-state index >= 15 is 0 Å². The summed E-state index contributed by atoms with van der Waals surface area (Å²) in [5, 5.41) is 1.17. The van der Waals surface area contributed by atoms with E-state index in [1.807, 2.05) is 6.07 Å². The zero-order valence-corrected chi connectivity index (χ0v) is 8.32. The van der Waals surface area contributed by atoms with Gasteiger partial charge >= 0.3 is 0 Å². The SMILES string of the molecule is CC1CCC2CC=c3occc3=C2O1. The molecule has 2 nitrogen and oxygen atoms in total. The van der Waals surface area contributed by atoms with Crippen LogP contribution in [0.4, 0.5) is 0 Å². The van der Waals surface area contributed by atoms with Crippen molar-refractivity contribution in [3.8, 4) is 0 Å². The van der Waals surface area contributed by atoms with Gasteiger partial charge in [-0.3, -0.25) is 0 Å². The van der Waals surface area contributed by atoms with Crippen LogP contribution < -0.4 is 10.6 Å². The van der Waals surface area contributed by atoms with E-state index in [-0.39, 0.29) is 0 Å². The van der Waals surface area contributed by atoms with Gasteiger partial charge in [0.1, 0.15) is 11.2 Å². The van der Waals surface area contributed by atoms with Gasteiger partial charge in [0.05, 0.1) is 17.6 Å². The summed E-state index contributed by atoms with van der Waals surface area (Å²) in [7, 11) is 0. The molecule has 2 aliphatic rings. The Morgan fingerprint density at radius 2 is 2.29 bits per heavy atom. The predicted octanol–water partition coefficient (Wildman–Crippen LogP) is 1.39. The minimum Gasteiger partial charge on any atom is -0.494 e. The molecule has 1 aromatic rings. The molecule has 2 heterocycles. The van der Waals surface area contributed by atoms with Crippen molar-refractivity contribution in [3.05, 3.63) is 23.0 Å². The van der Waals surface area contributed by atoms with Gasteiger partial charge in [0.25, 0.3) is 0 Å². The predicted molar refractivity (Wildman–Crippen MR) is 53.7 cm³/mol. The van der Waals surface area contributed by atoms with E-state index < -0.39 is 0 Å². The lowest BCUT2D eigenvalue weighted by Crippen LogP contribution is -2.35. The molecule has 1 saturated heterocycles. The molecule has 2 atom stereocenters. The summed E-state index contributed by atoms with van der Waals surface area (Å²) < 4.78 is 11.3. The molecule has 1 aromatic heterocycles. The van der Waals surface area contributed by atoms with Gasteiger partial charge in [-0.2, -0.15) is 0 Å². The topological polar surface area (TPSA) is 22.4 Å². The van der Waals surface area contributed by atoms with E-state index in [0.29, 0.717) is 12.0 Å². The van der Waals surface area contributed by atoms with Crippen LogP contribution in [-0.2, 0) is 4.74 Å². The van der Waals surface area contributed by atoms with E-state index in [4.69, 9.17) is 9.15 Å². The molecular formula is C12H14O2. The van der Waals surface area contributed by atoms with Crippen LogP contribution in [0.25, 0.3) is 11.8 Å². The van der Waals surface area contributed by atoms with Gasteiger partial charge in [-0.1, -0.05) is 0 Å². The van der Waals surface area contributed by atoms with E-state index in [2.05, 4.69) is 13.0 Å². The van der Waals surface area contributed by atoms with Crippen LogP contribution in [0.5, 0.6) is 0 Å². The summed E-state index contributed by atoms with van der Waals surface area (Å²) in [5.41, 5.74) is 0.991. The fourth-order valence-electron chi connectivity index (χ4n) is 2.38. The minimum atomic E-state index is 0.363. The highest BCUT2D eigenvalue weighted by Gasteiger charge is 2.26. The Labute approximate surface area is 82.9 Å². The van der Waals surface area contributed by atoms with Crippen LogP contribution in [0.3, 0.4) is 0 Å². The largest absolute Gasteiger partial charge is 0.494 e. The Kier molecular flexibility index (Phi) is 1.69. The van der Waals surface area contributed by atoms with Crippen molar-refractivity contribution in [2.75, 3.05) is 0 Å². The van der Waals surface area contributed by atoms with E-state index in [0.717, 1.165) is 17.6 Å². The number of fused-ring (bicyclic) bond motifs is 2. The van der Waals surface area contributed by atoms with Crippen molar-refractivity contribution in [2.45, 2.75) is 32.3 Å². The van der Waals surface area contributed by atoms with Gasteiger partial charge in [-0.25, -0.2) is 0 Å². The molecule has 0 spiro atoms. The first kappa shape index (κ1) is 8.16. The van der Waals surface area contributed by atoms with Gasteiger partial charge in [0, 0.05) is 5.92 Å². The van der Waals surface area contributed by atoms with Crippen LogP contribution in [0.15, 0.2) is 16.7 Å². The lowest BCUT2D eigenvalue weighted by Gasteiger charge is -2.30. The van der Waals surface area contributed by atoms with Crippen molar-refractivity contribution < 1.29 is 9.15 Å². The van der Waals surface area contributed by atoms with Crippen LogP contribution >= 0.6 is 0 Å². The molecule has 14 heavy (non-hydrogen) atoms. The summed E-state index contributed by atoms with van der Waals surface area (Å²) in [6.45, 7) is 2.14. The van der Waals surface area contributed by atoms with Crippen molar-refractivity contribution in [1.29, 1.82) is 0 Å². The summed E-state index contributed by atoms with van der Waals surface area (Å²) in [6, 6.07) is 2.02. The van der Waals surface area contributed by atoms with E-state index in [1.165, 1.54) is 18.1 Å². The Morgan fingerprint density at radius 1 is 1.36 bits per heavy atom. The van der Waals surface area contributed by atoms with Crippen LogP contribution in [0.1, 0.15) is 26.2 Å². The molecule has 1 aliphatic carbocycles. The number of hydrogen-bond donors (Lipinski definition) is 0. The lowest BCUT2D eigenvalue weighted by atomic mass is 9.89.